The number of rotatable bonds is 4. The fraction of sp³-hybridized carbons (Fsp3) is 0.421. The summed E-state index contributed by atoms with van der Waals surface area (Å²) in [5.41, 5.74) is 1.98. The highest BCUT2D eigenvalue weighted by atomic mass is 35.5. The molecule has 0 aliphatic heterocycles. The van der Waals surface area contributed by atoms with Gasteiger partial charge in [0.25, 0.3) is 0 Å². The second kappa shape index (κ2) is 7.34. The number of hydrogen-bond donors (Lipinski definition) is 0. The number of halogens is 1. The van der Waals surface area contributed by atoms with Crippen molar-refractivity contribution in [2.45, 2.75) is 56.0 Å². The van der Waals surface area contributed by atoms with E-state index >= 15 is 0 Å². The van der Waals surface area contributed by atoms with Crippen LogP contribution in [0.1, 0.15) is 49.5 Å². The minimum Gasteiger partial charge on any atom is -0.303 e. The molecule has 2 heterocycles. The van der Waals surface area contributed by atoms with Gasteiger partial charge >= 0.3 is 0 Å². The maximum absolute atomic E-state index is 6.40. The van der Waals surface area contributed by atoms with E-state index in [1.165, 1.54) is 32.1 Å². The molecule has 4 rings (SSSR count). The van der Waals surface area contributed by atoms with Crippen molar-refractivity contribution >= 4 is 34.3 Å². The van der Waals surface area contributed by atoms with Crippen molar-refractivity contribution in [2.75, 3.05) is 0 Å². The fourth-order valence-corrected chi connectivity index (χ4v) is 4.90. The number of para-hydroxylation sites is 1. The molecular weight excluding hydrogens is 352 g/mol. The Morgan fingerprint density at radius 3 is 2.80 bits per heavy atom. The van der Waals surface area contributed by atoms with Crippen molar-refractivity contribution in [3.63, 3.8) is 0 Å². The third-order valence-electron chi connectivity index (χ3n) is 4.88. The van der Waals surface area contributed by atoms with Crippen molar-refractivity contribution in [3.05, 3.63) is 46.9 Å². The third-order valence-corrected chi connectivity index (χ3v) is 6.20. The van der Waals surface area contributed by atoms with Crippen LogP contribution in [0.3, 0.4) is 0 Å². The summed E-state index contributed by atoms with van der Waals surface area (Å²) in [4.78, 5) is 4.51. The molecule has 2 aromatic heterocycles. The molecule has 130 valence electrons. The molecule has 3 aromatic rings. The lowest BCUT2D eigenvalue weighted by Crippen LogP contribution is -2.15. The van der Waals surface area contributed by atoms with Crippen molar-refractivity contribution < 1.29 is 0 Å². The Morgan fingerprint density at radius 2 is 1.96 bits per heavy atom. The molecule has 1 aromatic carbocycles. The monoisotopic (exact) mass is 372 g/mol. The summed E-state index contributed by atoms with van der Waals surface area (Å²) >= 11 is 8.10. The van der Waals surface area contributed by atoms with Crippen LogP contribution in [0, 0.1) is 6.92 Å². The van der Waals surface area contributed by atoms with Crippen LogP contribution in [0.2, 0.25) is 5.15 Å². The van der Waals surface area contributed by atoms with Gasteiger partial charge in [0.05, 0.1) is 5.52 Å². The maximum Gasteiger partial charge on any atom is 0.191 e. The molecule has 0 saturated heterocycles. The van der Waals surface area contributed by atoms with E-state index in [1.807, 2.05) is 18.2 Å². The van der Waals surface area contributed by atoms with Gasteiger partial charge in [0.2, 0.25) is 0 Å². The Labute approximate surface area is 157 Å². The molecule has 0 N–H and O–H groups in total. The highest BCUT2D eigenvalue weighted by Gasteiger charge is 2.21. The number of benzene rings is 1. The van der Waals surface area contributed by atoms with Crippen LogP contribution in [-0.2, 0) is 5.75 Å². The number of thioether (sulfide) groups is 1. The topological polar surface area (TPSA) is 43.6 Å². The van der Waals surface area contributed by atoms with E-state index in [4.69, 9.17) is 11.6 Å². The minimum absolute atomic E-state index is 0.538. The van der Waals surface area contributed by atoms with E-state index in [0.717, 1.165) is 33.2 Å². The molecule has 0 amide bonds. The van der Waals surface area contributed by atoms with E-state index < -0.39 is 0 Å². The van der Waals surface area contributed by atoms with Crippen molar-refractivity contribution in [1.82, 2.24) is 19.7 Å². The molecule has 0 spiro atoms. The van der Waals surface area contributed by atoms with Gasteiger partial charge in [0.1, 0.15) is 11.0 Å². The van der Waals surface area contributed by atoms with Crippen LogP contribution in [0.5, 0.6) is 0 Å². The Morgan fingerprint density at radius 1 is 1.16 bits per heavy atom. The summed E-state index contributed by atoms with van der Waals surface area (Å²) in [6, 6.07) is 10.7. The molecule has 0 radical (unpaired) electrons. The van der Waals surface area contributed by atoms with Crippen LogP contribution in [-0.4, -0.2) is 19.7 Å². The Bertz CT molecular complexity index is 886. The van der Waals surface area contributed by atoms with Crippen LogP contribution < -0.4 is 0 Å². The van der Waals surface area contributed by atoms with Crippen molar-refractivity contribution in [3.8, 4) is 0 Å². The van der Waals surface area contributed by atoms with Gasteiger partial charge in [-0.25, -0.2) is 4.98 Å². The molecule has 0 unspecified atom stereocenters. The molecule has 0 atom stereocenters. The van der Waals surface area contributed by atoms with Gasteiger partial charge in [-0.1, -0.05) is 60.8 Å². The van der Waals surface area contributed by atoms with Gasteiger partial charge in [-0.2, -0.15) is 0 Å². The average molecular weight is 373 g/mol. The third kappa shape index (κ3) is 3.53. The van der Waals surface area contributed by atoms with Crippen LogP contribution in [0.4, 0.5) is 0 Å². The number of aryl methyl sites for hydroxylation is 1. The fourth-order valence-electron chi connectivity index (χ4n) is 3.59. The largest absolute Gasteiger partial charge is 0.303 e. The SMILES string of the molecule is Cc1nnc(SCc2cc3ccccc3nc2Cl)n1C1CCCCC1. The van der Waals surface area contributed by atoms with E-state index in [-0.39, 0.29) is 0 Å². The van der Waals surface area contributed by atoms with Gasteiger partial charge in [-0.3, -0.25) is 0 Å². The molecule has 1 aliphatic carbocycles. The zero-order valence-electron chi connectivity index (χ0n) is 14.3. The molecule has 1 fully saturated rings. The predicted molar refractivity (Wildman–Crippen MR) is 103 cm³/mol. The van der Waals surface area contributed by atoms with Crippen LogP contribution in [0.25, 0.3) is 10.9 Å². The number of fused-ring (bicyclic) bond motifs is 1. The Balaban J connectivity index is 1.56. The van der Waals surface area contributed by atoms with Crippen LogP contribution >= 0.6 is 23.4 Å². The zero-order valence-corrected chi connectivity index (χ0v) is 15.9. The Hall–Kier alpha value is -1.59. The first kappa shape index (κ1) is 16.9. The highest BCUT2D eigenvalue weighted by Crippen LogP contribution is 2.34. The van der Waals surface area contributed by atoms with E-state index in [9.17, 15) is 0 Å². The smallest absolute Gasteiger partial charge is 0.191 e. The zero-order chi connectivity index (χ0) is 17.2. The van der Waals surface area contributed by atoms with Gasteiger partial charge in [-0.05, 0) is 31.9 Å². The molecule has 0 bridgehead atoms. The van der Waals surface area contributed by atoms with E-state index in [0.29, 0.717) is 11.2 Å². The first-order valence-electron chi connectivity index (χ1n) is 8.81. The van der Waals surface area contributed by atoms with Gasteiger partial charge in [0, 0.05) is 22.7 Å². The summed E-state index contributed by atoms with van der Waals surface area (Å²) < 4.78 is 2.33. The lowest BCUT2D eigenvalue weighted by molar-refractivity contribution is 0.332. The second-order valence-corrected chi connectivity index (χ2v) is 7.91. The summed E-state index contributed by atoms with van der Waals surface area (Å²) in [5.74, 6) is 1.76. The number of hydrogen-bond acceptors (Lipinski definition) is 4. The first-order chi connectivity index (χ1) is 12.2. The summed E-state index contributed by atoms with van der Waals surface area (Å²) in [5, 5.41) is 11.4. The number of nitrogens with zero attached hydrogens (tertiary/aromatic N) is 4. The normalized spacial score (nSPS) is 15.8. The quantitative estimate of drug-likeness (QED) is 0.442. The molecule has 25 heavy (non-hydrogen) atoms. The predicted octanol–water partition coefficient (Wildman–Crippen LogP) is 5.59. The second-order valence-electron chi connectivity index (χ2n) is 6.61. The van der Waals surface area contributed by atoms with Gasteiger partial charge in [0.15, 0.2) is 5.16 Å². The highest BCUT2D eigenvalue weighted by molar-refractivity contribution is 7.98. The van der Waals surface area contributed by atoms with Gasteiger partial charge < -0.3 is 4.57 Å². The van der Waals surface area contributed by atoms with Crippen molar-refractivity contribution in [2.24, 2.45) is 0 Å². The molecule has 1 aliphatic rings. The summed E-state index contributed by atoms with van der Waals surface area (Å²) in [7, 11) is 0. The minimum atomic E-state index is 0.538. The summed E-state index contributed by atoms with van der Waals surface area (Å²) in [6.07, 6.45) is 6.40. The summed E-state index contributed by atoms with van der Waals surface area (Å²) in [6.45, 7) is 2.05. The van der Waals surface area contributed by atoms with Crippen molar-refractivity contribution in [1.29, 1.82) is 0 Å². The Kier molecular flexibility index (Phi) is 4.95. The first-order valence-corrected chi connectivity index (χ1v) is 10.2. The number of aromatic nitrogens is 4. The molecular formula is C19H21ClN4S. The number of pyridine rings is 1. The van der Waals surface area contributed by atoms with E-state index in [2.05, 4.69) is 38.8 Å². The molecule has 4 nitrogen and oxygen atoms in total. The average Bonchev–Trinajstić information content (AvgIpc) is 3.01. The molecule has 1 saturated carbocycles. The lowest BCUT2D eigenvalue weighted by Gasteiger charge is -2.25. The lowest BCUT2D eigenvalue weighted by atomic mass is 9.95. The molecule has 6 heteroatoms. The van der Waals surface area contributed by atoms with Crippen LogP contribution in [0.15, 0.2) is 35.5 Å². The standard InChI is InChI=1S/C19H21ClN4S/c1-13-22-23-19(24(13)16-8-3-2-4-9-16)25-12-15-11-14-7-5-6-10-17(14)21-18(15)20/h5-7,10-11,16H,2-4,8-9,12H2,1H3. The van der Waals surface area contributed by atoms with Gasteiger partial charge in [-0.15, -0.1) is 10.2 Å². The maximum atomic E-state index is 6.40. The van der Waals surface area contributed by atoms with E-state index in [1.54, 1.807) is 11.8 Å².